The van der Waals surface area contributed by atoms with Crippen molar-refractivity contribution >= 4 is 0 Å². The Morgan fingerprint density at radius 2 is 1.54 bits per heavy atom. The number of hydrogen-bond donors (Lipinski definition) is 2. The zero-order chi connectivity index (χ0) is 19.8. The van der Waals surface area contributed by atoms with Crippen LogP contribution in [0.4, 0.5) is 0 Å². The molecule has 0 heterocycles. The zero-order valence-corrected chi connectivity index (χ0v) is 17.4. The molecule has 1 aromatic rings. The van der Waals surface area contributed by atoms with Gasteiger partial charge in [0, 0.05) is 12.5 Å². The van der Waals surface area contributed by atoms with E-state index < -0.39 is 5.60 Å². The second-order valence-electron chi connectivity index (χ2n) is 8.86. The highest BCUT2D eigenvalue weighted by atomic mass is 16.5. The molecule has 0 fully saturated rings. The minimum absolute atomic E-state index is 0.0351. The van der Waals surface area contributed by atoms with E-state index in [2.05, 4.69) is 27.7 Å². The van der Waals surface area contributed by atoms with E-state index >= 15 is 0 Å². The number of aliphatic hydroxyl groups excluding tert-OH is 1. The first-order chi connectivity index (χ1) is 12.0. The molecule has 2 N–H and O–H groups in total. The van der Waals surface area contributed by atoms with Crippen molar-refractivity contribution in [1.82, 2.24) is 0 Å². The van der Waals surface area contributed by atoms with Gasteiger partial charge in [0.1, 0.15) is 5.75 Å². The maximum Gasteiger partial charge on any atom is 0.119 e. The first-order valence-corrected chi connectivity index (χ1v) is 9.64. The van der Waals surface area contributed by atoms with Crippen LogP contribution in [0.5, 0.6) is 5.75 Å². The fourth-order valence-corrected chi connectivity index (χ4v) is 2.65. The second-order valence-corrected chi connectivity index (χ2v) is 8.86. The van der Waals surface area contributed by atoms with Gasteiger partial charge in [0.2, 0.25) is 0 Å². The van der Waals surface area contributed by atoms with Crippen molar-refractivity contribution in [2.75, 3.05) is 19.8 Å². The van der Waals surface area contributed by atoms with Gasteiger partial charge in [-0.1, -0.05) is 38.5 Å². The Hall–Kier alpha value is -1.10. The second kappa shape index (κ2) is 9.72. The molecular weight excluding hydrogens is 328 g/mol. The molecule has 0 radical (unpaired) electrons. The molecule has 0 saturated heterocycles. The number of unbranched alkanes of at least 4 members (excludes halogenated alkanes) is 1. The van der Waals surface area contributed by atoms with Gasteiger partial charge in [-0.05, 0) is 58.1 Å². The number of ether oxygens (including phenoxy) is 2. The summed E-state index contributed by atoms with van der Waals surface area (Å²) in [5.74, 6) is 0.653. The predicted molar refractivity (Wildman–Crippen MR) is 106 cm³/mol. The lowest BCUT2D eigenvalue weighted by Crippen LogP contribution is -2.46. The largest absolute Gasteiger partial charge is 0.493 e. The highest BCUT2D eigenvalue weighted by Crippen LogP contribution is 2.39. The Bertz CT molecular complexity index is 503. The predicted octanol–water partition coefficient (Wildman–Crippen LogP) is 4.44. The van der Waals surface area contributed by atoms with Gasteiger partial charge >= 0.3 is 0 Å². The SMILES string of the molecule is CC(C)(O)C(COc1ccccc1)COC(C)(C)C(C)(C)CCCCO. The molecule has 4 heteroatoms. The first-order valence-electron chi connectivity index (χ1n) is 9.64. The van der Waals surface area contributed by atoms with Crippen LogP contribution in [0, 0.1) is 11.3 Å². The van der Waals surface area contributed by atoms with Gasteiger partial charge in [-0.3, -0.25) is 0 Å². The molecular formula is C22H38O4. The molecule has 1 atom stereocenters. The standard InChI is InChI=1S/C22H38O4/c1-20(2,14-10-11-15-23)22(5,6)26-17-18(21(3,4)24)16-25-19-12-8-7-9-13-19/h7-9,12-13,18,23-24H,10-11,14-17H2,1-6H3. The van der Waals surface area contributed by atoms with Crippen molar-refractivity contribution in [2.45, 2.75) is 72.0 Å². The number of aliphatic hydroxyl groups is 2. The van der Waals surface area contributed by atoms with E-state index in [4.69, 9.17) is 14.6 Å². The Morgan fingerprint density at radius 1 is 0.923 bits per heavy atom. The van der Waals surface area contributed by atoms with Gasteiger partial charge in [0.25, 0.3) is 0 Å². The van der Waals surface area contributed by atoms with E-state index in [9.17, 15) is 5.11 Å². The summed E-state index contributed by atoms with van der Waals surface area (Å²) in [6.45, 7) is 13.3. The molecule has 0 aliphatic heterocycles. The van der Waals surface area contributed by atoms with Crippen LogP contribution < -0.4 is 4.74 Å². The third kappa shape index (κ3) is 7.26. The lowest BCUT2D eigenvalue weighted by atomic mass is 9.73. The Balaban J connectivity index is 2.67. The van der Waals surface area contributed by atoms with E-state index in [0.29, 0.717) is 13.2 Å². The quantitative estimate of drug-likeness (QED) is 0.537. The summed E-state index contributed by atoms with van der Waals surface area (Å²) in [6, 6.07) is 9.64. The van der Waals surface area contributed by atoms with Crippen molar-refractivity contribution in [3.05, 3.63) is 30.3 Å². The third-order valence-electron chi connectivity index (χ3n) is 5.68. The van der Waals surface area contributed by atoms with E-state index in [1.165, 1.54) is 0 Å². The maximum atomic E-state index is 10.5. The zero-order valence-electron chi connectivity index (χ0n) is 17.4. The summed E-state index contributed by atoms with van der Waals surface area (Å²) >= 11 is 0. The van der Waals surface area contributed by atoms with E-state index in [-0.39, 0.29) is 23.5 Å². The highest BCUT2D eigenvalue weighted by Gasteiger charge is 2.39. The summed E-state index contributed by atoms with van der Waals surface area (Å²) in [5, 5.41) is 19.6. The van der Waals surface area contributed by atoms with Crippen LogP contribution in [-0.2, 0) is 4.74 Å². The number of hydrogen-bond acceptors (Lipinski definition) is 4. The van der Waals surface area contributed by atoms with E-state index in [0.717, 1.165) is 25.0 Å². The Morgan fingerprint density at radius 3 is 2.08 bits per heavy atom. The minimum atomic E-state index is -0.897. The first kappa shape index (κ1) is 22.9. The van der Waals surface area contributed by atoms with Gasteiger partial charge in [0.05, 0.1) is 24.4 Å². The Kier molecular flexibility index (Phi) is 8.58. The molecule has 1 unspecified atom stereocenters. The third-order valence-corrected chi connectivity index (χ3v) is 5.68. The van der Waals surface area contributed by atoms with E-state index in [1.54, 1.807) is 13.8 Å². The molecule has 0 amide bonds. The van der Waals surface area contributed by atoms with Crippen LogP contribution in [-0.4, -0.2) is 41.2 Å². The van der Waals surface area contributed by atoms with Gasteiger partial charge in [-0.25, -0.2) is 0 Å². The summed E-state index contributed by atoms with van der Waals surface area (Å²) in [4.78, 5) is 0. The molecule has 150 valence electrons. The molecule has 0 aromatic heterocycles. The van der Waals surface area contributed by atoms with Gasteiger partial charge in [0.15, 0.2) is 0 Å². The number of benzene rings is 1. The van der Waals surface area contributed by atoms with Crippen LogP contribution in [0.3, 0.4) is 0 Å². The molecule has 4 nitrogen and oxygen atoms in total. The Labute approximate surface area is 159 Å². The average Bonchev–Trinajstić information content (AvgIpc) is 2.54. The number of rotatable bonds is 12. The molecule has 1 aromatic carbocycles. The minimum Gasteiger partial charge on any atom is -0.493 e. The van der Waals surface area contributed by atoms with Crippen molar-refractivity contribution in [3.63, 3.8) is 0 Å². The van der Waals surface area contributed by atoms with Crippen molar-refractivity contribution < 1.29 is 19.7 Å². The van der Waals surface area contributed by atoms with Crippen LogP contribution in [0.1, 0.15) is 60.8 Å². The summed E-state index contributed by atoms with van der Waals surface area (Å²) in [7, 11) is 0. The van der Waals surface area contributed by atoms with Gasteiger partial charge < -0.3 is 19.7 Å². The number of para-hydroxylation sites is 1. The molecule has 0 spiro atoms. The monoisotopic (exact) mass is 366 g/mol. The summed E-state index contributed by atoms with van der Waals surface area (Å²) in [5.41, 5.74) is -1.28. The van der Waals surface area contributed by atoms with E-state index in [1.807, 2.05) is 30.3 Å². The lowest BCUT2D eigenvalue weighted by molar-refractivity contribution is -0.138. The van der Waals surface area contributed by atoms with Crippen molar-refractivity contribution in [2.24, 2.45) is 11.3 Å². The van der Waals surface area contributed by atoms with Crippen molar-refractivity contribution in [3.8, 4) is 5.75 Å². The summed E-state index contributed by atoms with van der Waals surface area (Å²) in [6.07, 6.45) is 2.77. The fraction of sp³-hybridized carbons (Fsp3) is 0.727. The fourth-order valence-electron chi connectivity index (χ4n) is 2.65. The van der Waals surface area contributed by atoms with Gasteiger partial charge in [-0.2, -0.15) is 0 Å². The molecule has 26 heavy (non-hydrogen) atoms. The molecule has 1 rings (SSSR count). The molecule has 0 bridgehead atoms. The normalized spacial score (nSPS) is 14.3. The topological polar surface area (TPSA) is 58.9 Å². The smallest absolute Gasteiger partial charge is 0.119 e. The van der Waals surface area contributed by atoms with Crippen LogP contribution in [0.2, 0.25) is 0 Å². The summed E-state index contributed by atoms with van der Waals surface area (Å²) < 4.78 is 12.2. The molecule has 0 saturated carbocycles. The van der Waals surface area contributed by atoms with Gasteiger partial charge in [-0.15, -0.1) is 0 Å². The highest BCUT2D eigenvalue weighted by molar-refractivity contribution is 5.20. The molecule has 0 aliphatic rings. The molecule has 0 aliphatic carbocycles. The van der Waals surface area contributed by atoms with Crippen LogP contribution >= 0.6 is 0 Å². The van der Waals surface area contributed by atoms with Crippen molar-refractivity contribution in [1.29, 1.82) is 0 Å². The maximum absolute atomic E-state index is 10.5. The van der Waals surface area contributed by atoms with Crippen LogP contribution in [0.15, 0.2) is 30.3 Å². The van der Waals surface area contributed by atoms with Crippen LogP contribution in [0.25, 0.3) is 0 Å². The average molecular weight is 367 g/mol. The lowest BCUT2D eigenvalue weighted by Gasteiger charge is -2.43.